The van der Waals surface area contributed by atoms with Crippen molar-refractivity contribution in [2.24, 2.45) is 0 Å². The molecule has 2 aromatic rings. The number of hydrogen-bond donors (Lipinski definition) is 1. The largest absolute Gasteiger partial charge is 0.365 e. The highest BCUT2D eigenvalue weighted by atomic mass is 16.5. The molecule has 11 heteroatoms. The van der Waals surface area contributed by atoms with Gasteiger partial charge in [-0.3, -0.25) is 4.79 Å². The molecule has 1 unspecified atom stereocenters. The molecule has 4 heterocycles. The van der Waals surface area contributed by atoms with E-state index in [0.29, 0.717) is 44.0 Å². The monoisotopic (exact) mass is 400 g/mol. The number of aromatic nitrogens is 5. The van der Waals surface area contributed by atoms with Crippen molar-refractivity contribution in [2.75, 3.05) is 27.2 Å². The van der Waals surface area contributed by atoms with Crippen molar-refractivity contribution in [1.82, 2.24) is 40.1 Å². The Labute approximate surface area is 168 Å². The van der Waals surface area contributed by atoms with Crippen LogP contribution in [-0.2, 0) is 24.4 Å². The van der Waals surface area contributed by atoms with Crippen LogP contribution in [-0.4, -0.2) is 79.5 Å². The third kappa shape index (κ3) is 3.90. The molecule has 2 aliphatic rings. The van der Waals surface area contributed by atoms with Crippen LogP contribution in [0.25, 0.3) is 0 Å². The zero-order valence-corrected chi connectivity index (χ0v) is 16.5. The number of fused-ring (bicyclic) bond motifs is 1. The maximum Gasteiger partial charge on any atom is 0.317 e. The maximum atomic E-state index is 12.8. The Kier molecular flexibility index (Phi) is 5.14. The summed E-state index contributed by atoms with van der Waals surface area (Å²) in [6, 6.07) is -0.189. The van der Waals surface area contributed by atoms with E-state index < -0.39 is 5.60 Å². The number of carbonyl (C=O) groups excluding carboxylic acids is 2. The Bertz CT molecular complexity index is 900. The molecule has 4 rings (SSSR count). The van der Waals surface area contributed by atoms with Crippen LogP contribution in [0.15, 0.2) is 18.7 Å². The molecule has 154 valence electrons. The van der Waals surface area contributed by atoms with Gasteiger partial charge in [0.2, 0.25) is 0 Å². The van der Waals surface area contributed by atoms with E-state index >= 15 is 0 Å². The molecule has 0 aliphatic carbocycles. The third-order valence-corrected chi connectivity index (χ3v) is 5.32. The van der Waals surface area contributed by atoms with E-state index in [9.17, 15) is 9.59 Å². The van der Waals surface area contributed by atoms with Crippen molar-refractivity contribution in [2.45, 2.75) is 38.1 Å². The standard InChI is InChI=1S/C18H24N8O3/c1-24(2)17(28)21-8-14-15-9-29-18(11-26(15)23-22-14)4-3-5-25(10-18)16(27)13-6-19-12-20-7-13/h6-7,12H,3-5,8-11H2,1-2H3,(H,21,28). The normalized spacial score (nSPS) is 21.0. The van der Waals surface area contributed by atoms with E-state index in [2.05, 4.69) is 25.6 Å². The lowest BCUT2D eigenvalue weighted by molar-refractivity contribution is -0.122. The Morgan fingerprint density at radius 3 is 2.83 bits per heavy atom. The summed E-state index contributed by atoms with van der Waals surface area (Å²) >= 11 is 0. The Morgan fingerprint density at radius 1 is 1.28 bits per heavy atom. The summed E-state index contributed by atoms with van der Waals surface area (Å²) in [5.74, 6) is -0.0928. The molecule has 0 saturated carbocycles. The van der Waals surface area contributed by atoms with Crippen LogP contribution in [0, 0.1) is 0 Å². The van der Waals surface area contributed by atoms with Gasteiger partial charge in [-0.1, -0.05) is 5.21 Å². The van der Waals surface area contributed by atoms with Gasteiger partial charge >= 0.3 is 6.03 Å². The first-order valence-corrected chi connectivity index (χ1v) is 9.52. The quantitative estimate of drug-likeness (QED) is 0.773. The number of likely N-dealkylation sites (tertiary alicyclic amines) is 1. The van der Waals surface area contributed by atoms with Gasteiger partial charge in [-0.25, -0.2) is 19.4 Å². The van der Waals surface area contributed by atoms with E-state index in [0.717, 1.165) is 18.5 Å². The number of nitrogens with one attached hydrogen (secondary N) is 1. The van der Waals surface area contributed by atoms with Gasteiger partial charge in [0, 0.05) is 33.0 Å². The second kappa shape index (κ2) is 7.74. The predicted molar refractivity (Wildman–Crippen MR) is 101 cm³/mol. The summed E-state index contributed by atoms with van der Waals surface area (Å²) < 4.78 is 8.09. The number of rotatable bonds is 3. The van der Waals surface area contributed by atoms with Gasteiger partial charge in [-0.15, -0.1) is 5.10 Å². The fourth-order valence-corrected chi connectivity index (χ4v) is 3.76. The van der Waals surface area contributed by atoms with E-state index in [-0.39, 0.29) is 11.9 Å². The van der Waals surface area contributed by atoms with Gasteiger partial charge < -0.3 is 19.9 Å². The second-order valence-electron chi connectivity index (χ2n) is 7.62. The van der Waals surface area contributed by atoms with Crippen LogP contribution in [0.4, 0.5) is 4.79 Å². The third-order valence-electron chi connectivity index (χ3n) is 5.32. The van der Waals surface area contributed by atoms with Gasteiger partial charge in [0.25, 0.3) is 5.91 Å². The molecule has 2 aliphatic heterocycles. The molecule has 1 spiro atoms. The predicted octanol–water partition coefficient (Wildman–Crippen LogP) is 0.0445. The Morgan fingerprint density at radius 2 is 2.07 bits per heavy atom. The SMILES string of the molecule is CN(C)C(=O)NCc1nnn2c1COC1(CCCN(C(=O)c3cncnc3)C1)C2. The molecule has 1 saturated heterocycles. The summed E-state index contributed by atoms with van der Waals surface area (Å²) in [6.07, 6.45) is 6.15. The van der Waals surface area contributed by atoms with Crippen molar-refractivity contribution >= 4 is 11.9 Å². The molecule has 29 heavy (non-hydrogen) atoms. The van der Waals surface area contributed by atoms with E-state index in [4.69, 9.17) is 4.74 Å². The van der Waals surface area contributed by atoms with Crippen molar-refractivity contribution in [3.63, 3.8) is 0 Å². The molecule has 1 atom stereocenters. The molecule has 1 fully saturated rings. The molecule has 0 radical (unpaired) electrons. The van der Waals surface area contributed by atoms with E-state index in [1.807, 2.05) is 4.68 Å². The zero-order valence-electron chi connectivity index (χ0n) is 16.5. The summed E-state index contributed by atoms with van der Waals surface area (Å²) in [6.45, 7) is 2.31. The van der Waals surface area contributed by atoms with Gasteiger partial charge in [0.1, 0.15) is 17.6 Å². The zero-order chi connectivity index (χ0) is 20.4. The molecule has 11 nitrogen and oxygen atoms in total. The first-order valence-electron chi connectivity index (χ1n) is 9.52. The van der Waals surface area contributed by atoms with Gasteiger partial charge in [-0.05, 0) is 12.8 Å². The van der Waals surface area contributed by atoms with Crippen LogP contribution >= 0.6 is 0 Å². The van der Waals surface area contributed by atoms with Crippen molar-refractivity contribution in [3.8, 4) is 0 Å². The minimum absolute atomic E-state index is 0.0928. The lowest BCUT2D eigenvalue weighted by Crippen LogP contribution is -2.55. The second-order valence-corrected chi connectivity index (χ2v) is 7.62. The maximum absolute atomic E-state index is 12.8. The lowest BCUT2D eigenvalue weighted by Gasteiger charge is -2.44. The first-order chi connectivity index (χ1) is 14.0. The van der Waals surface area contributed by atoms with Crippen LogP contribution in [0.1, 0.15) is 34.6 Å². The van der Waals surface area contributed by atoms with E-state index in [1.165, 1.54) is 23.6 Å². The average Bonchev–Trinajstić information content (AvgIpc) is 3.13. The highest BCUT2D eigenvalue weighted by molar-refractivity contribution is 5.93. The highest BCUT2D eigenvalue weighted by Gasteiger charge is 2.42. The molecular formula is C18H24N8O3. The number of hydrogen-bond acceptors (Lipinski definition) is 7. The van der Waals surface area contributed by atoms with Crippen molar-refractivity contribution in [1.29, 1.82) is 0 Å². The minimum atomic E-state index is -0.492. The number of ether oxygens (including phenoxy) is 1. The summed E-state index contributed by atoms with van der Waals surface area (Å²) in [4.78, 5) is 35.7. The fourth-order valence-electron chi connectivity index (χ4n) is 3.76. The Hall–Kier alpha value is -3.08. The summed E-state index contributed by atoms with van der Waals surface area (Å²) in [5, 5.41) is 11.3. The summed E-state index contributed by atoms with van der Waals surface area (Å²) in [7, 11) is 3.36. The van der Waals surface area contributed by atoms with Crippen molar-refractivity contribution < 1.29 is 14.3 Å². The van der Waals surface area contributed by atoms with Crippen molar-refractivity contribution in [3.05, 3.63) is 35.7 Å². The minimum Gasteiger partial charge on any atom is -0.365 e. The summed E-state index contributed by atoms with van der Waals surface area (Å²) in [5.41, 5.74) is 1.53. The molecule has 1 N–H and O–H groups in total. The average molecular weight is 400 g/mol. The van der Waals surface area contributed by atoms with Gasteiger partial charge in [-0.2, -0.15) is 0 Å². The number of carbonyl (C=O) groups is 2. The molecular weight excluding hydrogens is 376 g/mol. The molecule has 0 aromatic carbocycles. The smallest absolute Gasteiger partial charge is 0.317 e. The topological polar surface area (TPSA) is 118 Å². The highest BCUT2D eigenvalue weighted by Crippen LogP contribution is 2.32. The van der Waals surface area contributed by atoms with Crippen LogP contribution < -0.4 is 5.32 Å². The Balaban J connectivity index is 1.45. The van der Waals surface area contributed by atoms with Gasteiger partial charge in [0.15, 0.2) is 0 Å². The molecule has 3 amide bonds. The number of nitrogens with zero attached hydrogens (tertiary/aromatic N) is 7. The van der Waals surface area contributed by atoms with E-state index in [1.54, 1.807) is 19.0 Å². The lowest BCUT2D eigenvalue weighted by atomic mass is 9.91. The van der Waals surface area contributed by atoms with Crippen LogP contribution in [0.5, 0.6) is 0 Å². The number of piperidine rings is 1. The number of amides is 3. The first kappa shape index (κ1) is 19.2. The van der Waals surface area contributed by atoms with Gasteiger partial charge in [0.05, 0.1) is 37.5 Å². The fraction of sp³-hybridized carbons (Fsp3) is 0.556. The number of urea groups is 1. The molecule has 2 aromatic heterocycles. The molecule has 0 bridgehead atoms. The van der Waals surface area contributed by atoms with Crippen LogP contribution in [0.2, 0.25) is 0 Å². The van der Waals surface area contributed by atoms with Crippen LogP contribution in [0.3, 0.4) is 0 Å².